The molecular formula is C12H20ClN5O2. The summed E-state index contributed by atoms with van der Waals surface area (Å²) in [7, 11) is 1.58. The van der Waals surface area contributed by atoms with Crippen molar-refractivity contribution in [1.29, 1.82) is 0 Å². The van der Waals surface area contributed by atoms with E-state index in [1.165, 1.54) is 6.20 Å². The van der Waals surface area contributed by atoms with Crippen LogP contribution in [-0.2, 0) is 9.53 Å². The molecule has 1 amide bonds. The van der Waals surface area contributed by atoms with Crippen LogP contribution in [0.3, 0.4) is 0 Å². The third-order valence-corrected chi connectivity index (χ3v) is 2.60. The summed E-state index contributed by atoms with van der Waals surface area (Å²) >= 11 is 5.97. The lowest BCUT2D eigenvalue weighted by molar-refractivity contribution is -0.119. The van der Waals surface area contributed by atoms with Gasteiger partial charge in [-0.25, -0.2) is 4.98 Å². The minimum Gasteiger partial charge on any atom is -0.383 e. The number of carbonyl (C=O) groups is 1. The number of rotatable bonds is 9. The highest BCUT2D eigenvalue weighted by Crippen LogP contribution is 2.18. The lowest BCUT2D eigenvalue weighted by atomic mass is 10.5. The number of nitrogens with zero attached hydrogens (tertiary/aromatic N) is 2. The first-order valence-electron chi connectivity index (χ1n) is 6.43. The smallest absolute Gasteiger partial charge is 0.239 e. The zero-order valence-corrected chi connectivity index (χ0v) is 12.5. The first kappa shape index (κ1) is 16.5. The molecule has 1 aromatic heterocycles. The van der Waals surface area contributed by atoms with Crippen LogP contribution in [0.5, 0.6) is 0 Å². The Hall–Kier alpha value is -1.60. The molecule has 0 radical (unpaired) electrons. The lowest BCUT2D eigenvalue weighted by Gasteiger charge is -2.10. The monoisotopic (exact) mass is 301 g/mol. The third kappa shape index (κ3) is 6.03. The van der Waals surface area contributed by atoms with Crippen molar-refractivity contribution in [3.05, 3.63) is 11.2 Å². The van der Waals surface area contributed by atoms with E-state index in [0.29, 0.717) is 29.9 Å². The van der Waals surface area contributed by atoms with Gasteiger partial charge in [0.05, 0.1) is 19.3 Å². The number of ether oxygens (including phenoxy) is 1. The molecule has 7 nitrogen and oxygen atoms in total. The van der Waals surface area contributed by atoms with Crippen LogP contribution >= 0.6 is 11.6 Å². The number of aromatic nitrogens is 2. The van der Waals surface area contributed by atoms with Crippen LogP contribution < -0.4 is 16.0 Å². The minimum atomic E-state index is -0.153. The van der Waals surface area contributed by atoms with Crippen LogP contribution in [0.4, 0.5) is 11.8 Å². The van der Waals surface area contributed by atoms with E-state index in [1.807, 2.05) is 6.92 Å². The van der Waals surface area contributed by atoms with Gasteiger partial charge >= 0.3 is 0 Å². The predicted molar refractivity (Wildman–Crippen MR) is 79.2 cm³/mol. The molecule has 0 aliphatic carbocycles. The average Bonchev–Trinajstić information content (AvgIpc) is 2.45. The molecule has 8 heteroatoms. The lowest BCUT2D eigenvalue weighted by Crippen LogP contribution is -2.32. The van der Waals surface area contributed by atoms with Crippen molar-refractivity contribution >= 4 is 29.3 Å². The van der Waals surface area contributed by atoms with Gasteiger partial charge in [0.1, 0.15) is 5.02 Å². The fourth-order valence-corrected chi connectivity index (χ4v) is 1.49. The molecule has 1 aromatic rings. The van der Waals surface area contributed by atoms with E-state index in [1.54, 1.807) is 7.11 Å². The minimum absolute atomic E-state index is 0.0909. The Bertz CT molecular complexity index is 430. The molecule has 0 saturated heterocycles. The average molecular weight is 302 g/mol. The molecule has 1 heterocycles. The Morgan fingerprint density at radius 2 is 2.20 bits per heavy atom. The predicted octanol–water partition coefficient (Wildman–Crippen LogP) is 1.13. The second-order valence-corrected chi connectivity index (χ2v) is 4.42. The van der Waals surface area contributed by atoms with Gasteiger partial charge in [0.2, 0.25) is 11.9 Å². The van der Waals surface area contributed by atoms with E-state index in [2.05, 4.69) is 25.9 Å². The van der Waals surface area contributed by atoms with Gasteiger partial charge in [-0.2, -0.15) is 4.98 Å². The fraction of sp³-hybridized carbons (Fsp3) is 0.583. The molecule has 3 N–H and O–H groups in total. The van der Waals surface area contributed by atoms with Crippen molar-refractivity contribution in [3.8, 4) is 0 Å². The van der Waals surface area contributed by atoms with E-state index in [9.17, 15) is 4.79 Å². The van der Waals surface area contributed by atoms with Gasteiger partial charge in [-0.3, -0.25) is 4.79 Å². The summed E-state index contributed by atoms with van der Waals surface area (Å²) in [5.74, 6) is 0.764. The van der Waals surface area contributed by atoms with E-state index in [-0.39, 0.29) is 12.5 Å². The van der Waals surface area contributed by atoms with Crippen molar-refractivity contribution in [2.24, 2.45) is 0 Å². The molecule has 0 aromatic carbocycles. The number of methoxy groups -OCH3 is 1. The zero-order valence-electron chi connectivity index (χ0n) is 11.7. The number of anilines is 2. The van der Waals surface area contributed by atoms with Crippen molar-refractivity contribution in [2.45, 2.75) is 13.3 Å². The normalized spacial score (nSPS) is 10.2. The first-order valence-corrected chi connectivity index (χ1v) is 6.81. The number of hydrogen-bond acceptors (Lipinski definition) is 6. The Labute approximate surface area is 123 Å². The topological polar surface area (TPSA) is 88.2 Å². The molecule has 0 atom stereocenters. The summed E-state index contributed by atoms with van der Waals surface area (Å²) in [5, 5.41) is 9.00. The first-order chi connectivity index (χ1) is 9.67. The molecule has 112 valence electrons. The molecule has 0 spiro atoms. The number of carbonyl (C=O) groups excluding carboxylic acids is 1. The summed E-state index contributed by atoms with van der Waals surface area (Å²) in [5.41, 5.74) is 0. The third-order valence-electron chi connectivity index (χ3n) is 2.32. The maximum atomic E-state index is 11.5. The Kier molecular flexibility index (Phi) is 7.67. The molecular weight excluding hydrogens is 282 g/mol. The Morgan fingerprint density at radius 3 is 2.90 bits per heavy atom. The summed E-state index contributed by atoms with van der Waals surface area (Å²) in [6.45, 7) is 3.86. The van der Waals surface area contributed by atoms with Gasteiger partial charge in [0, 0.05) is 20.2 Å². The zero-order chi connectivity index (χ0) is 14.8. The maximum Gasteiger partial charge on any atom is 0.239 e. The van der Waals surface area contributed by atoms with Crippen LogP contribution in [0.2, 0.25) is 5.02 Å². The summed E-state index contributed by atoms with van der Waals surface area (Å²) in [6, 6.07) is 0. The summed E-state index contributed by atoms with van der Waals surface area (Å²) < 4.78 is 4.84. The van der Waals surface area contributed by atoms with Gasteiger partial charge in [0.25, 0.3) is 0 Å². The SMILES string of the molecule is CCCNc1ncc(Cl)c(NCC(=O)NCCOC)n1. The van der Waals surface area contributed by atoms with Crippen LogP contribution in [0.25, 0.3) is 0 Å². The fourth-order valence-electron chi connectivity index (χ4n) is 1.33. The molecule has 0 fully saturated rings. The molecule has 20 heavy (non-hydrogen) atoms. The van der Waals surface area contributed by atoms with Gasteiger partial charge < -0.3 is 20.7 Å². The molecule has 0 aliphatic rings. The van der Waals surface area contributed by atoms with E-state index in [0.717, 1.165) is 13.0 Å². The Balaban J connectivity index is 2.47. The summed E-state index contributed by atoms with van der Waals surface area (Å²) in [4.78, 5) is 19.8. The van der Waals surface area contributed by atoms with Gasteiger partial charge in [-0.05, 0) is 6.42 Å². The van der Waals surface area contributed by atoms with Crippen LogP contribution in [-0.4, -0.2) is 49.2 Å². The number of halogens is 1. The summed E-state index contributed by atoms with van der Waals surface area (Å²) in [6.07, 6.45) is 2.47. The highest BCUT2D eigenvalue weighted by Gasteiger charge is 2.07. The van der Waals surface area contributed by atoms with Crippen LogP contribution in [0, 0.1) is 0 Å². The van der Waals surface area contributed by atoms with Crippen molar-refractivity contribution in [1.82, 2.24) is 15.3 Å². The molecule has 1 rings (SSSR count). The molecule has 0 aliphatic heterocycles. The van der Waals surface area contributed by atoms with Gasteiger partial charge in [0.15, 0.2) is 5.82 Å². The Morgan fingerprint density at radius 1 is 1.40 bits per heavy atom. The number of nitrogens with one attached hydrogen (secondary N) is 3. The van der Waals surface area contributed by atoms with E-state index < -0.39 is 0 Å². The van der Waals surface area contributed by atoms with Gasteiger partial charge in [-0.1, -0.05) is 18.5 Å². The van der Waals surface area contributed by atoms with Crippen LogP contribution in [0.15, 0.2) is 6.20 Å². The van der Waals surface area contributed by atoms with Crippen LogP contribution in [0.1, 0.15) is 13.3 Å². The van der Waals surface area contributed by atoms with Crippen molar-refractivity contribution in [2.75, 3.05) is 44.0 Å². The largest absolute Gasteiger partial charge is 0.383 e. The quantitative estimate of drug-likeness (QED) is 0.593. The molecule has 0 unspecified atom stereocenters. The molecule has 0 bridgehead atoms. The molecule has 0 saturated carbocycles. The number of hydrogen-bond donors (Lipinski definition) is 3. The standard InChI is InChI=1S/C12H20ClN5O2/c1-3-4-15-12-17-7-9(13)11(18-12)16-8-10(19)14-5-6-20-2/h7H,3-6,8H2,1-2H3,(H,14,19)(H2,15,16,17,18). The maximum absolute atomic E-state index is 11.5. The van der Waals surface area contributed by atoms with Gasteiger partial charge in [-0.15, -0.1) is 0 Å². The highest BCUT2D eigenvalue weighted by atomic mass is 35.5. The van der Waals surface area contributed by atoms with Crippen molar-refractivity contribution < 1.29 is 9.53 Å². The van der Waals surface area contributed by atoms with E-state index in [4.69, 9.17) is 16.3 Å². The number of amides is 1. The second-order valence-electron chi connectivity index (χ2n) is 4.01. The highest BCUT2D eigenvalue weighted by molar-refractivity contribution is 6.32. The van der Waals surface area contributed by atoms with E-state index >= 15 is 0 Å². The second kappa shape index (κ2) is 9.33. The van der Waals surface area contributed by atoms with Crippen molar-refractivity contribution in [3.63, 3.8) is 0 Å².